The molecule has 2 aromatic rings. The first kappa shape index (κ1) is 15.3. The number of carbonyl (C=O) groups excluding carboxylic acids is 1. The molecule has 2 N–H and O–H groups in total. The maximum absolute atomic E-state index is 11.6. The second-order valence-electron chi connectivity index (χ2n) is 4.16. The Morgan fingerprint density at radius 3 is 2.86 bits per heavy atom. The number of hydrogen-bond acceptors (Lipinski definition) is 7. The van der Waals surface area contributed by atoms with Gasteiger partial charge in [-0.3, -0.25) is 4.68 Å². The Labute approximate surface area is 126 Å². The van der Waals surface area contributed by atoms with Gasteiger partial charge in [0.15, 0.2) is 5.16 Å². The number of nitrogen functional groups attached to an aromatic ring is 1. The largest absolute Gasteiger partial charge is 0.462 e. The third kappa shape index (κ3) is 3.94. The molecule has 0 aliphatic rings. The Balaban J connectivity index is 2.01. The van der Waals surface area contributed by atoms with Crippen molar-refractivity contribution in [2.75, 3.05) is 12.3 Å². The van der Waals surface area contributed by atoms with E-state index in [-0.39, 0.29) is 18.0 Å². The van der Waals surface area contributed by atoms with Crippen molar-refractivity contribution in [1.29, 1.82) is 0 Å². The monoisotopic (exact) mass is 307 g/mol. The maximum atomic E-state index is 11.6. The highest BCUT2D eigenvalue weighted by Crippen LogP contribution is 2.21. The van der Waals surface area contributed by atoms with Crippen LogP contribution in [0.1, 0.15) is 29.8 Å². The zero-order chi connectivity index (χ0) is 15.2. The van der Waals surface area contributed by atoms with Gasteiger partial charge in [-0.2, -0.15) is 5.10 Å². The molecular formula is C13H17N5O2S. The molecule has 0 atom stereocenters. The van der Waals surface area contributed by atoms with Gasteiger partial charge in [0.05, 0.1) is 12.8 Å². The number of esters is 1. The highest BCUT2D eigenvalue weighted by molar-refractivity contribution is 7.98. The van der Waals surface area contributed by atoms with E-state index in [1.54, 1.807) is 6.92 Å². The molecule has 0 saturated carbocycles. The minimum absolute atomic E-state index is 0.134. The molecular weight excluding hydrogens is 290 g/mol. The lowest BCUT2D eigenvalue weighted by Gasteiger charge is -2.05. The number of rotatable bonds is 6. The molecule has 0 fully saturated rings. The molecule has 0 aliphatic carbocycles. The highest BCUT2D eigenvalue weighted by Gasteiger charge is 2.13. The maximum Gasteiger partial charge on any atom is 0.343 e. The number of anilines is 1. The Morgan fingerprint density at radius 1 is 1.43 bits per heavy atom. The van der Waals surface area contributed by atoms with Crippen molar-refractivity contribution >= 4 is 23.5 Å². The number of carbonyl (C=O) groups is 1. The summed E-state index contributed by atoms with van der Waals surface area (Å²) in [5.41, 5.74) is 7.04. The summed E-state index contributed by atoms with van der Waals surface area (Å²) in [5.74, 6) is 0.323. The summed E-state index contributed by atoms with van der Waals surface area (Å²) in [6.45, 7) is 4.88. The van der Waals surface area contributed by atoms with Crippen LogP contribution in [0.4, 0.5) is 5.82 Å². The van der Waals surface area contributed by atoms with Crippen LogP contribution in [0.15, 0.2) is 23.7 Å². The van der Waals surface area contributed by atoms with E-state index in [0.29, 0.717) is 10.9 Å². The van der Waals surface area contributed by atoms with E-state index in [0.717, 1.165) is 12.1 Å². The number of ether oxygens (including phenoxy) is 1. The standard InChI is InChI=1S/C13H17N5O2S/c1-3-18-7-9(5-16-18)8-21-13-15-6-10(11(14)17-13)12(19)20-4-2/h5-7H,3-4,8H2,1-2H3,(H2,14,15,17). The fraction of sp³-hybridized carbons (Fsp3) is 0.385. The Bertz CT molecular complexity index is 629. The van der Waals surface area contributed by atoms with Gasteiger partial charge in [0, 0.05) is 30.3 Å². The summed E-state index contributed by atoms with van der Waals surface area (Å²) in [6.07, 6.45) is 5.19. The van der Waals surface area contributed by atoms with Gasteiger partial charge in [0.2, 0.25) is 0 Å². The molecule has 7 nitrogen and oxygen atoms in total. The van der Waals surface area contributed by atoms with Gasteiger partial charge in [-0.15, -0.1) is 0 Å². The van der Waals surface area contributed by atoms with Crippen LogP contribution in [0.5, 0.6) is 0 Å². The summed E-state index contributed by atoms with van der Waals surface area (Å²) in [5, 5.41) is 4.72. The number of nitrogens with two attached hydrogens (primary N) is 1. The first-order chi connectivity index (χ1) is 10.1. The first-order valence-electron chi connectivity index (χ1n) is 6.57. The van der Waals surface area contributed by atoms with Gasteiger partial charge in [-0.05, 0) is 13.8 Å². The van der Waals surface area contributed by atoms with Gasteiger partial charge in [0.25, 0.3) is 0 Å². The van der Waals surface area contributed by atoms with Crippen molar-refractivity contribution in [2.45, 2.75) is 31.3 Å². The average Bonchev–Trinajstić information content (AvgIpc) is 2.93. The quantitative estimate of drug-likeness (QED) is 0.493. The molecule has 0 spiro atoms. The fourth-order valence-electron chi connectivity index (χ4n) is 1.62. The average molecular weight is 307 g/mol. The van der Waals surface area contributed by atoms with Crippen molar-refractivity contribution in [3.63, 3.8) is 0 Å². The van der Waals surface area contributed by atoms with Crippen molar-refractivity contribution in [1.82, 2.24) is 19.7 Å². The van der Waals surface area contributed by atoms with Crippen molar-refractivity contribution in [3.05, 3.63) is 29.7 Å². The third-order valence-corrected chi connectivity index (χ3v) is 3.60. The summed E-state index contributed by atoms with van der Waals surface area (Å²) in [7, 11) is 0. The predicted molar refractivity (Wildman–Crippen MR) is 79.9 cm³/mol. The van der Waals surface area contributed by atoms with Gasteiger partial charge in [0.1, 0.15) is 11.4 Å². The molecule has 0 amide bonds. The van der Waals surface area contributed by atoms with Crippen LogP contribution in [-0.2, 0) is 17.0 Å². The van der Waals surface area contributed by atoms with Crippen LogP contribution >= 0.6 is 11.8 Å². The zero-order valence-electron chi connectivity index (χ0n) is 11.9. The highest BCUT2D eigenvalue weighted by atomic mass is 32.2. The van der Waals surface area contributed by atoms with E-state index in [1.165, 1.54) is 18.0 Å². The van der Waals surface area contributed by atoms with Crippen LogP contribution in [0.2, 0.25) is 0 Å². The Hall–Kier alpha value is -2.09. The van der Waals surface area contributed by atoms with Crippen molar-refractivity contribution in [3.8, 4) is 0 Å². The molecule has 2 heterocycles. The van der Waals surface area contributed by atoms with Gasteiger partial charge in [-0.25, -0.2) is 14.8 Å². The van der Waals surface area contributed by atoms with Gasteiger partial charge in [-0.1, -0.05) is 11.8 Å². The molecule has 0 bridgehead atoms. The summed E-state index contributed by atoms with van der Waals surface area (Å²) in [4.78, 5) is 19.8. The van der Waals surface area contributed by atoms with Crippen LogP contribution in [0.3, 0.4) is 0 Å². The Morgan fingerprint density at radius 2 is 2.24 bits per heavy atom. The lowest BCUT2D eigenvalue weighted by molar-refractivity contribution is 0.0526. The van der Waals surface area contributed by atoms with E-state index in [9.17, 15) is 4.79 Å². The number of hydrogen-bond donors (Lipinski definition) is 1. The van der Waals surface area contributed by atoms with Crippen LogP contribution in [0.25, 0.3) is 0 Å². The number of thioether (sulfide) groups is 1. The molecule has 0 aromatic carbocycles. The lowest BCUT2D eigenvalue weighted by atomic mass is 10.3. The molecule has 0 saturated heterocycles. The van der Waals surface area contributed by atoms with Crippen LogP contribution < -0.4 is 5.73 Å². The first-order valence-corrected chi connectivity index (χ1v) is 7.56. The molecule has 2 aromatic heterocycles. The minimum Gasteiger partial charge on any atom is -0.462 e. The second-order valence-corrected chi connectivity index (χ2v) is 5.11. The molecule has 112 valence electrons. The minimum atomic E-state index is -0.504. The van der Waals surface area contributed by atoms with Gasteiger partial charge < -0.3 is 10.5 Å². The third-order valence-electron chi connectivity index (χ3n) is 2.67. The van der Waals surface area contributed by atoms with E-state index in [1.807, 2.05) is 24.0 Å². The molecule has 0 aliphatic heterocycles. The van der Waals surface area contributed by atoms with E-state index in [2.05, 4.69) is 15.1 Å². The van der Waals surface area contributed by atoms with Crippen LogP contribution in [0, 0.1) is 0 Å². The fourth-order valence-corrected chi connectivity index (χ4v) is 2.35. The molecule has 0 radical (unpaired) electrons. The summed E-state index contributed by atoms with van der Waals surface area (Å²) in [6, 6.07) is 0. The molecule has 8 heteroatoms. The number of aryl methyl sites for hydroxylation is 1. The second kappa shape index (κ2) is 7.07. The van der Waals surface area contributed by atoms with Gasteiger partial charge >= 0.3 is 5.97 Å². The smallest absolute Gasteiger partial charge is 0.343 e. The number of aromatic nitrogens is 4. The topological polar surface area (TPSA) is 95.9 Å². The predicted octanol–water partition coefficient (Wildman–Crippen LogP) is 1.74. The van der Waals surface area contributed by atoms with E-state index >= 15 is 0 Å². The summed E-state index contributed by atoms with van der Waals surface area (Å²) < 4.78 is 6.73. The SMILES string of the molecule is CCOC(=O)c1cnc(SCc2cnn(CC)c2)nc1N. The van der Waals surface area contributed by atoms with E-state index < -0.39 is 5.97 Å². The normalized spacial score (nSPS) is 10.6. The molecule has 0 unspecified atom stereocenters. The Kier molecular flexibility index (Phi) is 5.15. The summed E-state index contributed by atoms with van der Waals surface area (Å²) >= 11 is 1.44. The van der Waals surface area contributed by atoms with Crippen molar-refractivity contribution < 1.29 is 9.53 Å². The van der Waals surface area contributed by atoms with Crippen molar-refractivity contribution in [2.24, 2.45) is 0 Å². The zero-order valence-corrected chi connectivity index (χ0v) is 12.8. The van der Waals surface area contributed by atoms with Crippen LogP contribution in [-0.4, -0.2) is 32.3 Å². The molecule has 2 rings (SSSR count). The lowest BCUT2D eigenvalue weighted by Crippen LogP contribution is -2.10. The van der Waals surface area contributed by atoms with E-state index in [4.69, 9.17) is 10.5 Å². The number of nitrogens with zero attached hydrogens (tertiary/aromatic N) is 4. The molecule has 21 heavy (non-hydrogen) atoms.